The van der Waals surface area contributed by atoms with Crippen molar-refractivity contribution in [1.82, 2.24) is 10.2 Å². The van der Waals surface area contributed by atoms with Crippen molar-refractivity contribution in [2.45, 2.75) is 72.1 Å². The Labute approximate surface area is 159 Å². The summed E-state index contributed by atoms with van der Waals surface area (Å²) in [6, 6.07) is 12.3. The van der Waals surface area contributed by atoms with Gasteiger partial charge < -0.3 is 4.74 Å². The first-order valence-corrected chi connectivity index (χ1v) is 10.3. The number of para-hydroxylation sites is 1. The van der Waals surface area contributed by atoms with Gasteiger partial charge in [-0.1, -0.05) is 71.4 Å². The van der Waals surface area contributed by atoms with Gasteiger partial charge in [0.15, 0.2) is 0 Å². The topological polar surface area (TPSA) is 35.0 Å². The Bertz CT molecular complexity index is 624. The van der Waals surface area contributed by atoms with Crippen molar-refractivity contribution in [3.8, 4) is 17.0 Å². The lowest BCUT2D eigenvalue weighted by molar-refractivity contribution is 0.257. The average molecular weight is 355 g/mol. The molecule has 0 aliphatic carbocycles. The zero-order valence-corrected chi connectivity index (χ0v) is 16.7. The van der Waals surface area contributed by atoms with Gasteiger partial charge in [-0.25, -0.2) is 0 Å². The van der Waals surface area contributed by atoms with Crippen molar-refractivity contribution in [3.63, 3.8) is 0 Å². The molecular weight excluding hydrogens is 320 g/mol. The lowest BCUT2D eigenvalue weighted by Gasteiger charge is -2.14. The number of aromatic nitrogens is 2. The summed E-state index contributed by atoms with van der Waals surface area (Å²) in [6.45, 7) is 7.38. The van der Waals surface area contributed by atoms with Crippen molar-refractivity contribution in [2.75, 3.05) is 6.61 Å². The minimum Gasteiger partial charge on any atom is -0.493 e. The predicted molar refractivity (Wildman–Crippen MR) is 109 cm³/mol. The molecule has 0 bridgehead atoms. The summed E-state index contributed by atoms with van der Waals surface area (Å²) in [5.41, 5.74) is 2.99. The average Bonchev–Trinajstić information content (AvgIpc) is 2.69. The maximum absolute atomic E-state index is 6.02. The molecule has 142 valence electrons. The molecule has 1 aromatic carbocycles. The summed E-state index contributed by atoms with van der Waals surface area (Å²) in [7, 11) is 0. The third-order valence-corrected chi connectivity index (χ3v) is 4.89. The largest absolute Gasteiger partial charge is 0.493 e. The van der Waals surface area contributed by atoms with Gasteiger partial charge in [-0.2, -0.15) is 10.2 Å². The number of hydrogen-bond acceptors (Lipinski definition) is 3. The first kappa shape index (κ1) is 20.4. The zero-order valence-electron chi connectivity index (χ0n) is 16.7. The third-order valence-electron chi connectivity index (χ3n) is 4.89. The van der Waals surface area contributed by atoms with E-state index < -0.39 is 0 Å². The van der Waals surface area contributed by atoms with Crippen LogP contribution in [0, 0.1) is 5.92 Å². The highest BCUT2D eigenvalue weighted by atomic mass is 16.5. The number of aryl methyl sites for hydroxylation is 1. The minimum atomic E-state index is 0.550. The molecule has 0 aliphatic heterocycles. The van der Waals surface area contributed by atoms with E-state index in [4.69, 9.17) is 4.74 Å². The fraction of sp³-hybridized carbons (Fsp3) is 0.565. The molecule has 2 rings (SSSR count). The number of unbranched alkanes of at least 4 members (excludes halogenated alkanes) is 5. The molecule has 2 aromatic rings. The van der Waals surface area contributed by atoms with Gasteiger partial charge in [0.25, 0.3) is 0 Å². The first-order valence-electron chi connectivity index (χ1n) is 10.3. The van der Waals surface area contributed by atoms with Crippen LogP contribution in [-0.2, 0) is 6.42 Å². The summed E-state index contributed by atoms with van der Waals surface area (Å²) in [5, 5.41) is 8.89. The number of rotatable bonds is 12. The molecule has 26 heavy (non-hydrogen) atoms. The van der Waals surface area contributed by atoms with Crippen LogP contribution in [0.5, 0.6) is 5.75 Å². The monoisotopic (exact) mass is 354 g/mol. The summed E-state index contributed by atoms with van der Waals surface area (Å²) >= 11 is 0. The normalized spacial score (nSPS) is 12.1. The zero-order chi connectivity index (χ0) is 18.6. The molecule has 3 heteroatoms. The van der Waals surface area contributed by atoms with Gasteiger partial charge in [0.2, 0.25) is 0 Å². The molecule has 1 aromatic heterocycles. The van der Waals surface area contributed by atoms with Crippen LogP contribution in [0.4, 0.5) is 0 Å². The highest BCUT2D eigenvalue weighted by molar-refractivity contribution is 5.66. The molecule has 0 fully saturated rings. The predicted octanol–water partition coefficient (Wildman–Crippen LogP) is 6.47. The van der Waals surface area contributed by atoms with Gasteiger partial charge >= 0.3 is 0 Å². The van der Waals surface area contributed by atoms with Crippen LogP contribution in [0.2, 0.25) is 0 Å². The lowest BCUT2D eigenvalue weighted by atomic mass is 10.1. The quantitative estimate of drug-likeness (QED) is 0.410. The molecule has 0 amide bonds. The van der Waals surface area contributed by atoms with Crippen LogP contribution < -0.4 is 4.74 Å². The van der Waals surface area contributed by atoms with E-state index in [0.29, 0.717) is 5.92 Å². The minimum absolute atomic E-state index is 0.550. The van der Waals surface area contributed by atoms with Gasteiger partial charge in [-0.3, -0.25) is 0 Å². The van der Waals surface area contributed by atoms with E-state index in [-0.39, 0.29) is 0 Å². The van der Waals surface area contributed by atoms with Crippen LogP contribution in [0.15, 0.2) is 36.4 Å². The molecule has 0 radical (unpaired) electrons. The standard InChI is InChI=1S/C23H34N2O/c1-4-6-7-8-9-10-13-20-16-17-22(25-24-20)21-14-11-12-15-23(21)26-18-19(3)5-2/h11-12,14-17,19H,4-10,13,18H2,1-3H3. The van der Waals surface area contributed by atoms with E-state index >= 15 is 0 Å². The third kappa shape index (κ3) is 6.78. The van der Waals surface area contributed by atoms with Gasteiger partial charge in [-0.15, -0.1) is 0 Å². The molecule has 0 spiro atoms. The van der Waals surface area contributed by atoms with E-state index in [1.165, 1.54) is 38.5 Å². The van der Waals surface area contributed by atoms with Crippen molar-refractivity contribution < 1.29 is 4.74 Å². The van der Waals surface area contributed by atoms with Gasteiger partial charge in [0.1, 0.15) is 5.75 Å². The van der Waals surface area contributed by atoms with Crippen molar-refractivity contribution >= 4 is 0 Å². The molecule has 0 N–H and O–H groups in total. The second-order valence-electron chi connectivity index (χ2n) is 7.25. The summed E-state index contributed by atoms with van der Waals surface area (Å²) in [5.74, 6) is 1.44. The highest BCUT2D eigenvalue weighted by Crippen LogP contribution is 2.28. The van der Waals surface area contributed by atoms with Gasteiger partial charge in [0.05, 0.1) is 18.0 Å². The number of ether oxygens (including phenoxy) is 1. The number of hydrogen-bond donors (Lipinski definition) is 0. The SMILES string of the molecule is CCCCCCCCc1ccc(-c2ccccc2OCC(C)CC)nn1. The van der Waals surface area contributed by atoms with E-state index in [2.05, 4.69) is 49.2 Å². The van der Waals surface area contributed by atoms with Crippen LogP contribution in [0.1, 0.15) is 71.4 Å². The Balaban J connectivity index is 1.91. The van der Waals surface area contributed by atoms with Gasteiger partial charge in [-0.05, 0) is 43.0 Å². The Hall–Kier alpha value is -1.90. The maximum Gasteiger partial charge on any atom is 0.128 e. The highest BCUT2D eigenvalue weighted by Gasteiger charge is 2.09. The smallest absolute Gasteiger partial charge is 0.128 e. The van der Waals surface area contributed by atoms with Crippen molar-refractivity contribution in [3.05, 3.63) is 42.1 Å². The van der Waals surface area contributed by atoms with E-state index in [9.17, 15) is 0 Å². The summed E-state index contributed by atoms with van der Waals surface area (Å²) in [6.07, 6.45) is 9.97. The van der Waals surface area contributed by atoms with Gasteiger partial charge in [0, 0.05) is 5.56 Å². The Morgan fingerprint density at radius 1 is 0.885 bits per heavy atom. The van der Waals surface area contributed by atoms with E-state index in [0.717, 1.165) is 42.1 Å². The van der Waals surface area contributed by atoms with E-state index in [1.807, 2.05) is 18.2 Å². The first-order chi connectivity index (χ1) is 12.7. The van der Waals surface area contributed by atoms with Crippen molar-refractivity contribution in [1.29, 1.82) is 0 Å². The van der Waals surface area contributed by atoms with Crippen molar-refractivity contribution in [2.24, 2.45) is 5.92 Å². The fourth-order valence-corrected chi connectivity index (χ4v) is 2.88. The second kappa shape index (κ2) is 11.7. The molecular formula is C23H34N2O. The van der Waals surface area contributed by atoms with Crippen LogP contribution >= 0.6 is 0 Å². The fourth-order valence-electron chi connectivity index (χ4n) is 2.88. The molecule has 1 heterocycles. The summed E-state index contributed by atoms with van der Waals surface area (Å²) < 4.78 is 6.02. The Morgan fingerprint density at radius 2 is 1.65 bits per heavy atom. The Morgan fingerprint density at radius 3 is 2.38 bits per heavy atom. The molecule has 0 aliphatic rings. The number of benzene rings is 1. The maximum atomic E-state index is 6.02. The summed E-state index contributed by atoms with van der Waals surface area (Å²) in [4.78, 5) is 0. The number of nitrogens with zero attached hydrogens (tertiary/aromatic N) is 2. The second-order valence-corrected chi connectivity index (χ2v) is 7.25. The van der Waals surface area contributed by atoms with Crippen LogP contribution in [-0.4, -0.2) is 16.8 Å². The molecule has 1 atom stereocenters. The molecule has 0 saturated heterocycles. The molecule has 1 unspecified atom stereocenters. The molecule has 3 nitrogen and oxygen atoms in total. The van der Waals surface area contributed by atoms with E-state index in [1.54, 1.807) is 0 Å². The van der Waals surface area contributed by atoms with Crippen LogP contribution in [0.25, 0.3) is 11.3 Å². The van der Waals surface area contributed by atoms with Crippen LogP contribution in [0.3, 0.4) is 0 Å². The molecule has 0 saturated carbocycles. The lowest BCUT2D eigenvalue weighted by Crippen LogP contribution is -2.08. The Kier molecular flexibility index (Phi) is 9.16.